The third-order valence-electron chi connectivity index (χ3n) is 4.73. The van der Waals surface area contributed by atoms with Crippen LogP contribution in [-0.4, -0.2) is 38.3 Å². The molecular formula is C21H23F3O7S2. The number of benzene rings is 2. The van der Waals surface area contributed by atoms with E-state index < -0.39 is 34.1 Å². The highest BCUT2D eigenvalue weighted by atomic mass is 32.2. The average Bonchev–Trinajstić information content (AvgIpc) is 3.13. The summed E-state index contributed by atoms with van der Waals surface area (Å²) in [4.78, 5) is 0. The molecule has 0 N–H and O–H groups in total. The number of ether oxygens (including phenoxy) is 1. The van der Waals surface area contributed by atoms with Gasteiger partial charge in [0.2, 0.25) is 0 Å². The van der Waals surface area contributed by atoms with Crippen LogP contribution in [0.1, 0.15) is 24.0 Å². The zero-order valence-electron chi connectivity index (χ0n) is 17.7. The summed E-state index contributed by atoms with van der Waals surface area (Å²) in [6.45, 7) is -0.270. The van der Waals surface area contributed by atoms with Crippen LogP contribution >= 0.6 is 0 Å². The monoisotopic (exact) mass is 508 g/mol. The van der Waals surface area contributed by atoms with Crippen molar-refractivity contribution in [2.45, 2.75) is 31.9 Å². The second-order valence-corrected chi connectivity index (χ2v) is 10.0. The SMILES string of the molecule is CS(=O)(=O)OCC1Cc2cccc(Oc3cccc(OS(=O)OCCCC(F)(F)F)c3)c2C1. The maximum absolute atomic E-state index is 12.1. The molecule has 1 aliphatic carbocycles. The van der Waals surface area contributed by atoms with Gasteiger partial charge in [0.05, 0.1) is 19.5 Å². The number of hydrogen-bond acceptors (Lipinski definition) is 7. The van der Waals surface area contributed by atoms with Crippen molar-refractivity contribution < 1.29 is 43.1 Å². The summed E-state index contributed by atoms with van der Waals surface area (Å²) in [5.41, 5.74) is 1.98. The maximum Gasteiger partial charge on any atom is 0.389 e. The van der Waals surface area contributed by atoms with Gasteiger partial charge < -0.3 is 8.92 Å². The first-order chi connectivity index (χ1) is 15.5. The predicted octanol–water partition coefficient (Wildman–Crippen LogP) is 4.49. The Balaban J connectivity index is 1.57. The van der Waals surface area contributed by atoms with Gasteiger partial charge in [0.1, 0.15) is 17.2 Å². The highest BCUT2D eigenvalue weighted by Gasteiger charge is 2.27. The Kier molecular flexibility index (Phi) is 8.38. The van der Waals surface area contributed by atoms with Gasteiger partial charge >= 0.3 is 17.5 Å². The van der Waals surface area contributed by atoms with E-state index in [1.807, 2.05) is 12.1 Å². The van der Waals surface area contributed by atoms with Crippen LogP contribution in [0.3, 0.4) is 0 Å². The molecule has 2 unspecified atom stereocenters. The van der Waals surface area contributed by atoms with Crippen LogP contribution in [0.4, 0.5) is 13.2 Å². The Hall–Kier alpha value is -2.15. The zero-order valence-corrected chi connectivity index (χ0v) is 19.3. The fourth-order valence-corrected chi connectivity index (χ4v) is 4.36. The second kappa shape index (κ2) is 10.9. The van der Waals surface area contributed by atoms with E-state index in [1.54, 1.807) is 18.2 Å². The molecule has 0 aliphatic heterocycles. The van der Waals surface area contributed by atoms with E-state index in [1.165, 1.54) is 12.1 Å². The highest BCUT2D eigenvalue weighted by Crippen LogP contribution is 2.37. The minimum atomic E-state index is -4.30. The van der Waals surface area contributed by atoms with Crippen molar-refractivity contribution in [3.8, 4) is 17.2 Å². The number of fused-ring (bicyclic) bond motifs is 1. The quantitative estimate of drug-likeness (QED) is 0.327. The van der Waals surface area contributed by atoms with Crippen LogP contribution in [0.2, 0.25) is 0 Å². The fourth-order valence-electron chi connectivity index (χ4n) is 3.36. The number of hydrogen-bond donors (Lipinski definition) is 0. The fraction of sp³-hybridized carbons (Fsp3) is 0.429. The number of alkyl halides is 3. The molecule has 182 valence electrons. The number of rotatable bonds is 11. The molecule has 0 radical (unpaired) electrons. The van der Waals surface area contributed by atoms with Gasteiger partial charge in [0, 0.05) is 12.5 Å². The largest absolute Gasteiger partial charge is 0.457 e. The molecule has 2 atom stereocenters. The zero-order chi connectivity index (χ0) is 24.1. The Bertz CT molecular complexity index is 1090. The molecule has 0 heterocycles. The Labute approximate surface area is 192 Å². The summed E-state index contributed by atoms with van der Waals surface area (Å²) >= 11 is -2.25. The molecule has 0 spiro atoms. The molecule has 0 saturated heterocycles. The lowest BCUT2D eigenvalue weighted by Gasteiger charge is -2.12. The summed E-state index contributed by atoms with van der Waals surface area (Å²) in [6, 6.07) is 11.8. The molecule has 33 heavy (non-hydrogen) atoms. The average molecular weight is 509 g/mol. The van der Waals surface area contributed by atoms with Gasteiger partial charge in [0.25, 0.3) is 10.1 Å². The molecule has 2 aromatic rings. The summed E-state index contributed by atoms with van der Waals surface area (Å²) in [5.74, 6) is 1.15. The molecule has 1 aliphatic rings. The highest BCUT2D eigenvalue weighted by molar-refractivity contribution is 7.86. The van der Waals surface area contributed by atoms with E-state index in [0.29, 0.717) is 24.3 Å². The van der Waals surface area contributed by atoms with Crippen LogP contribution in [0, 0.1) is 5.92 Å². The summed E-state index contributed by atoms with van der Waals surface area (Å²) in [6.07, 6.45) is -3.38. The maximum atomic E-state index is 12.1. The third-order valence-corrected chi connectivity index (χ3v) is 5.98. The first kappa shape index (κ1) is 25.5. The Morgan fingerprint density at radius 3 is 2.55 bits per heavy atom. The minimum absolute atomic E-state index is 0.00561. The summed E-state index contributed by atoms with van der Waals surface area (Å²) in [7, 11) is -3.52. The molecule has 0 aromatic heterocycles. The molecule has 0 bridgehead atoms. The van der Waals surface area contributed by atoms with Crippen molar-refractivity contribution >= 4 is 21.5 Å². The van der Waals surface area contributed by atoms with E-state index in [-0.39, 0.29) is 31.3 Å². The van der Waals surface area contributed by atoms with Crippen LogP contribution in [-0.2, 0) is 42.7 Å². The van der Waals surface area contributed by atoms with E-state index in [9.17, 15) is 25.8 Å². The van der Waals surface area contributed by atoms with Crippen molar-refractivity contribution in [1.29, 1.82) is 0 Å². The number of halogens is 3. The molecule has 2 aromatic carbocycles. The molecule has 0 saturated carbocycles. The molecular weight excluding hydrogens is 485 g/mol. The van der Waals surface area contributed by atoms with Crippen molar-refractivity contribution in [2.75, 3.05) is 19.5 Å². The predicted molar refractivity (Wildman–Crippen MR) is 115 cm³/mol. The van der Waals surface area contributed by atoms with Crippen LogP contribution < -0.4 is 8.92 Å². The van der Waals surface area contributed by atoms with Crippen molar-refractivity contribution in [2.24, 2.45) is 5.92 Å². The first-order valence-electron chi connectivity index (χ1n) is 10.0. The van der Waals surface area contributed by atoms with E-state index in [0.717, 1.165) is 17.4 Å². The minimum Gasteiger partial charge on any atom is -0.457 e. The van der Waals surface area contributed by atoms with Crippen LogP contribution in [0.15, 0.2) is 42.5 Å². The van der Waals surface area contributed by atoms with Gasteiger partial charge in [-0.05, 0) is 54.5 Å². The van der Waals surface area contributed by atoms with Crippen LogP contribution in [0.25, 0.3) is 0 Å². The third kappa shape index (κ3) is 8.61. The van der Waals surface area contributed by atoms with Gasteiger partial charge in [-0.25, -0.2) is 0 Å². The Morgan fingerprint density at radius 2 is 1.82 bits per heavy atom. The van der Waals surface area contributed by atoms with E-state index in [2.05, 4.69) is 0 Å². The molecule has 12 heteroatoms. The van der Waals surface area contributed by atoms with Gasteiger partial charge in [-0.2, -0.15) is 25.8 Å². The first-order valence-corrected chi connectivity index (χ1v) is 12.8. The summed E-state index contributed by atoms with van der Waals surface area (Å²) < 4.78 is 91.5. The standard InChI is InChI=1S/C21H23F3O7S2/c1-33(26,27)29-14-15-11-16-5-2-8-20(19(16)12-15)30-17-6-3-7-18(13-17)31-32(25)28-10-4-9-21(22,23)24/h2-3,5-8,13,15H,4,9-12,14H2,1H3. The molecule has 0 amide bonds. The lowest BCUT2D eigenvalue weighted by atomic mass is 10.1. The van der Waals surface area contributed by atoms with Crippen molar-refractivity contribution in [3.63, 3.8) is 0 Å². The molecule has 3 rings (SSSR count). The van der Waals surface area contributed by atoms with Crippen LogP contribution in [0.5, 0.6) is 17.2 Å². The lowest BCUT2D eigenvalue weighted by Crippen LogP contribution is -2.13. The lowest BCUT2D eigenvalue weighted by molar-refractivity contribution is -0.136. The van der Waals surface area contributed by atoms with Gasteiger partial charge in [-0.1, -0.05) is 18.2 Å². The van der Waals surface area contributed by atoms with Gasteiger partial charge in [-0.15, -0.1) is 0 Å². The Morgan fingerprint density at radius 1 is 1.09 bits per heavy atom. The van der Waals surface area contributed by atoms with Gasteiger partial charge in [0.15, 0.2) is 0 Å². The molecule has 0 fully saturated rings. The van der Waals surface area contributed by atoms with Gasteiger partial charge in [-0.3, -0.25) is 8.37 Å². The van der Waals surface area contributed by atoms with Crippen molar-refractivity contribution in [1.82, 2.24) is 0 Å². The normalized spacial score (nSPS) is 16.9. The topological polar surface area (TPSA) is 88.1 Å². The smallest absolute Gasteiger partial charge is 0.389 e. The van der Waals surface area contributed by atoms with E-state index >= 15 is 0 Å². The van der Waals surface area contributed by atoms with Crippen molar-refractivity contribution in [3.05, 3.63) is 53.6 Å². The summed E-state index contributed by atoms with van der Waals surface area (Å²) in [5, 5.41) is 0. The molecule has 7 nitrogen and oxygen atoms in total. The van der Waals surface area contributed by atoms with E-state index in [4.69, 9.17) is 17.3 Å². The second-order valence-electron chi connectivity index (χ2n) is 7.56.